The molecule has 6 rings (SSSR count). The molecule has 0 bridgehead atoms. The fraction of sp³-hybridized carbons (Fsp3) is 0.457. The van der Waals surface area contributed by atoms with Gasteiger partial charge in [-0.2, -0.15) is 0 Å². The molecule has 6 N–H and O–H groups in total. The van der Waals surface area contributed by atoms with Crippen molar-refractivity contribution in [3.63, 3.8) is 0 Å². The average molecular weight is 851 g/mol. The number of amides is 5. The van der Waals surface area contributed by atoms with Crippen LogP contribution in [0, 0.1) is 18.8 Å². The van der Waals surface area contributed by atoms with Crippen molar-refractivity contribution in [1.29, 1.82) is 0 Å². The number of likely N-dealkylation sites (tertiary alicyclic amines) is 1. The topological polar surface area (TPSA) is 217 Å². The normalized spacial score (nSPS) is 17.4. The number of hydrogen-bond acceptors (Lipinski definition) is 9. The van der Waals surface area contributed by atoms with Crippen molar-refractivity contribution in [3.8, 4) is 22.5 Å². The van der Waals surface area contributed by atoms with Gasteiger partial charge in [0.2, 0.25) is 11.8 Å². The van der Waals surface area contributed by atoms with Crippen LogP contribution in [0.2, 0.25) is 0 Å². The van der Waals surface area contributed by atoms with Crippen LogP contribution in [0.1, 0.15) is 86.6 Å². The number of aryl methyl sites for hydroxylation is 1. The maximum atomic E-state index is 14.0. The van der Waals surface area contributed by atoms with Gasteiger partial charge in [0, 0.05) is 61.9 Å². The molecule has 2 fully saturated rings. The van der Waals surface area contributed by atoms with Crippen molar-refractivity contribution in [3.05, 3.63) is 89.2 Å². The van der Waals surface area contributed by atoms with E-state index in [2.05, 4.69) is 36.4 Å². The summed E-state index contributed by atoms with van der Waals surface area (Å²) >= 11 is 0. The highest BCUT2D eigenvalue weighted by Crippen LogP contribution is 2.30. The highest BCUT2D eigenvalue weighted by Gasteiger charge is 2.31. The number of rotatable bonds is 14. The lowest BCUT2D eigenvalue weighted by atomic mass is 9.81. The lowest BCUT2D eigenvalue weighted by molar-refractivity contribution is -0.130. The first-order valence-corrected chi connectivity index (χ1v) is 21.2. The van der Waals surface area contributed by atoms with Crippen LogP contribution in [0.25, 0.3) is 22.5 Å². The second-order valence-corrected chi connectivity index (χ2v) is 17.2. The molecule has 4 aromatic rings. The highest BCUT2D eigenvalue weighted by molar-refractivity contribution is 5.98. The van der Waals surface area contributed by atoms with Gasteiger partial charge < -0.3 is 45.7 Å². The van der Waals surface area contributed by atoms with Crippen LogP contribution < -0.4 is 21.3 Å². The molecule has 5 amide bonds. The number of hydrogen-bond donors (Lipinski definition) is 6. The fourth-order valence-electron chi connectivity index (χ4n) is 7.91. The third-order valence-corrected chi connectivity index (χ3v) is 11.3. The Morgan fingerprint density at radius 3 is 2.19 bits per heavy atom. The van der Waals surface area contributed by atoms with Gasteiger partial charge in [-0.1, -0.05) is 30.3 Å². The molecule has 0 unspecified atom stereocenters. The number of piperidine rings is 1. The molecular weight excluding hydrogens is 793 g/mol. The molecule has 2 aliphatic rings. The summed E-state index contributed by atoms with van der Waals surface area (Å²) in [5.74, 6) is 0.390. The quantitative estimate of drug-likeness (QED) is 0.0814. The summed E-state index contributed by atoms with van der Waals surface area (Å²) in [7, 11) is 1.58. The number of methoxy groups -OCH3 is 1. The standard InChI is InChI=1S/C46H58N8O8/c1-28-24-34(42(56)48-36-20-22-54(23-21-36)45(59)60)16-19-37(28)31-10-6-29(7-11-31)25-38(43(57)49-35-17-14-32(15-18-35)40-51-39(27-61-5)52-53-40)50-41(55)33-12-8-30(9-13-33)26-47-44(58)62-46(2,3)4/h6-7,10-11,14-19,24,30,33,36,38H,8-9,12-13,20-23,25-27H2,1-5H3,(H,47,58)(H,48,56)(H,49,57)(H,50,55)(H,59,60)(H,51,52,53)/t30-,33-,38-/m0/s1. The number of aromatic amines is 1. The lowest BCUT2D eigenvalue weighted by Gasteiger charge is -2.30. The molecule has 16 nitrogen and oxygen atoms in total. The number of nitrogens with zero attached hydrogens (tertiary/aromatic N) is 3. The molecule has 0 radical (unpaired) electrons. The van der Waals surface area contributed by atoms with E-state index in [1.807, 2.05) is 76.2 Å². The number of ether oxygens (including phenoxy) is 2. The predicted octanol–water partition coefficient (Wildman–Crippen LogP) is 6.46. The lowest BCUT2D eigenvalue weighted by Crippen LogP contribution is -2.48. The number of benzene rings is 3. The van der Waals surface area contributed by atoms with Crippen LogP contribution in [-0.4, -0.2) is 99.5 Å². The summed E-state index contributed by atoms with van der Waals surface area (Å²) in [6, 6.07) is 19.6. The summed E-state index contributed by atoms with van der Waals surface area (Å²) in [6.07, 6.45) is 2.78. The molecule has 330 valence electrons. The Morgan fingerprint density at radius 2 is 1.56 bits per heavy atom. The summed E-state index contributed by atoms with van der Waals surface area (Å²) in [5, 5.41) is 29.4. The Hall–Kier alpha value is -6.29. The number of carbonyl (C=O) groups is 5. The molecule has 1 aliphatic heterocycles. The van der Waals surface area contributed by atoms with Crippen molar-refractivity contribution in [2.75, 3.05) is 32.1 Å². The number of H-pyrrole nitrogens is 1. The number of anilines is 1. The minimum atomic E-state index is -0.941. The minimum Gasteiger partial charge on any atom is -0.465 e. The van der Waals surface area contributed by atoms with Gasteiger partial charge in [0.05, 0.1) is 0 Å². The number of alkyl carbamates (subject to hydrolysis) is 1. The zero-order valence-corrected chi connectivity index (χ0v) is 36.1. The van der Waals surface area contributed by atoms with Crippen LogP contribution in [0.15, 0.2) is 66.7 Å². The Kier molecular flexibility index (Phi) is 15.0. The van der Waals surface area contributed by atoms with Crippen molar-refractivity contribution >= 4 is 35.6 Å². The van der Waals surface area contributed by atoms with E-state index >= 15 is 0 Å². The molecule has 1 aliphatic carbocycles. The first-order chi connectivity index (χ1) is 29.6. The number of carbonyl (C=O) groups excluding carboxylic acids is 4. The van der Waals surface area contributed by atoms with Gasteiger partial charge in [0.25, 0.3) is 5.91 Å². The second-order valence-electron chi connectivity index (χ2n) is 17.2. The van der Waals surface area contributed by atoms with Gasteiger partial charge in [0.1, 0.15) is 18.2 Å². The van der Waals surface area contributed by atoms with Crippen LogP contribution in [-0.2, 0) is 32.1 Å². The Bertz CT molecular complexity index is 2190. The van der Waals surface area contributed by atoms with E-state index in [1.54, 1.807) is 25.3 Å². The van der Waals surface area contributed by atoms with Crippen LogP contribution in [0.4, 0.5) is 15.3 Å². The van der Waals surface area contributed by atoms with Crippen molar-refractivity contribution in [1.82, 2.24) is 36.0 Å². The fourth-order valence-corrected chi connectivity index (χ4v) is 7.91. The molecule has 1 saturated heterocycles. The SMILES string of the molecule is COCc1nnc(-c2ccc(NC(=O)[C@H](Cc3ccc(-c4ccc(C(=O)NC5CCN(C(=O)O)CC5)cc4C)cc3)NC(=O)[C@H]3CC[C@H](CNC(=O)OC(C)(C)C)CC3)cc2)[nH]1. The highest BCUT2D eigenvalue weighted by atomic mass is 16.6. The van der Waals surface area contributed by atoms with E-state index in [1.165, 1.54) is 4.90 Å². The third kappa shape index (κ3) is 12.6. The summed E-state index contributed by atoms with van der Waals surface area (Å²) in [6.45, 7) is 8.96. The first kappa shape index (κ1) is 45.2. The van der Waals surface area contributed by atoms with E-state index in [4.69, 9.17) is 9.47 Å². The van der Waals surface area contributed by atoms with Crippen LogP contribution >= 0.6 is 0 Å². The maximum Gasteiger partial charge on any atom is 0.407 e. The predicted molar refractivity (Wildman–Crippen MR) is 233 cm³/mol. The van der Waals surface area contributed by atoms with Gasteiger partial charge >= 0.3 is 12.2 Å². The monoisotopic (exact) mass is 850 g/mol. The van der Waals surface area contributed by atoms with E-state index in [9.17, 15) is 29.1 Å². The van der Waals surface area contributed by atoms with Crippen molar-refractivity contribution in [2.24, 2.45) is 11.8 Å². The van der Waals surface area contributed by atoms with Crippen molar-refractivity contribution in [2.45, 2.75) is 96.9 Å². The molecule has 1 atom stereocenters. The number of nitrogens with one attached hydrogen (secondary N) is 5. The van der Waals surface area contributed by atoms with E-state index in [0.29, 0.717) is 74.8 Å². The van der Waals surface area contributed by atoms with E-state index < -0.39 is 23.8 Å². The zero-order valence-electron chi connectivity index (χ0n) is 36.1. The molecule has 2 heterocycles. The second kappa shape index (κ2) is 20.5. The van der Waals surface area contributed by atoms with Gasteiger partial charge in [-0.3, -0.25) is 14.4 Å². The van der Waals surface area contributed by atoms with Gasteiger partial charge in [-0.25, -0.2) is 9.59 Å². The van der Waals surface area contributed by atoms with Gasteiger partial charge in [-0.15, -0.1) is 10.2 Å². The third-order valence-electron chi connectivity index (χ3n) is 11.3. The summed E-state index contributed by atoms with van der Waals surface area (Å²) in [5.41, 5.74) is 4.93. The zero-order chi connectivity index (χ0) is 44.4. The van der Waals surface area contributed by atoms with Gasteiger partial charge in [-0.05, 0) is 131 Å². The summed E-state index contributed by atoms with van der Waals surface area (Å²) < 4.78 is 10.5. The largest absolute Gasteiger partial charge is 0.465 e. The van der Waals surface area contributed by atoms with Crippen LogP contribution in [0.5, 0.6) is 0 Å². The molecule has 0 spiro atoms. The smallest absolute Gasteiger partial charge is 0.407 e. The Balaban J connectivity index is 1.10. The first-order valence-electron chi connectivity index (χ1n) is 21.2. The van der Waals surface area contributed by atoms with E-state index in [-0.39, 0.29) is 42.0 Å². The van der Waals surface area contributed by atoms with Gasteiger partial charge in [0.15, 0.2) is 11.6 Å². The molecule has 62 heavy (non-hydrogen) atoms. The number of carboxylic acid groups (broad SMARTS) is 1. The molecular formula is C46H58N8O8. The Morgan fingerprint density at radius 1 is 0.887 bits per heavy atom. The Labute approximate surface area is 361 Å². The molecule has 1 aromatic heterocycles. The molecule has 3 aromatic carbocycles. The summed E-state index contributed by atoms with van der Waals surface area (Å²) in [4.78, 5) is 68.8. The molecule has 1 saturated carbocycles. The average Bonchev–Trinajstić information content (AvgIpc) is 3.71. The van der Waals surface area contributed by atoms with Crippen molar-refractivity contribution < 1.29 is 38.6 Å². The minimum absolute atomic E-state index is 0.0861. The van der Waals surface area contributed by atoms with E-state index in [0.717, 1.165) is 40.7 Å². The maximum absolute atomic E-state index is 14.0. The molecule has 16 heteroatoms. The number of aromatic nitrogens is 3. The van der Waals surface area contributed by atoms with Crippen LogP contribution in [0.3, 0.4) is 0 Å².